The van der Waals surface area contributed by atoms with Gasteiger partial charge in [0.05, 0.1) is 17.6 Å². The Morgan fingerprint density at radius 3 is 2.52 bits per heavy atom. The molecular formula is C17H19FO2S. The van der Waals surface area contributed by atoms with E-state index in [2.05, 4.69) is 0 Å². The van der Waals surface area contributed by atoms with E-state index in [1.165, 1.54) is 6.07 Å². The van der Waals surface area contributed by atoms with Crippen LogP contribution in [0.15, 0.2) is 48.5 Å². The molecule has 0 radical (unpaired) electrons. The summed E-state index contributed by atoms with van der Waals surface area (Å²) in [6.07, 6.45) is 0. The number of ether oxygens (including phenoxy) is 1. The van der Waals surface area contributed by atoms with Crippen molar-refractivity contribution < 1.29 is 13.3 Å². The summed E-state index contributed by atoms with van der Waals surface area (Å²) < 4.78 is 31.8. The van der Waals surface area contributed by atoms with Crippen molar-refractivity contribution in [1.29, 1.82) is 0 Å². The molecule has 21 heavy (non-hydrogen) atoms. The normalized spacial score (nSPS) is 13.7. The Labute approximate surface area is 127 Å². The Balaban J connectivity index is 2.17. The summed E-state index contributed by atoms with van der Waals surface area (Å²) >= 11 is 0. The molecule has 2 rings (SSSR count). The molecule has 0 aromatic heterocycles. The van der Waals surface area contributed by atoms with Gasteiger partial charge in [-0.25, -0.2) is 4.39 Å². The average Bonchev–Trinajstić information content (AvgIpc) is 2.49. The van der Waals surface area contributed by atoms with E-state index in [0.29, 0.717) is 17.9 Å². The molecule has 0 heterocycles. The highest BCUT2D eigenvalue weighted by Gasteiger charge is 2.18. The summed E-state index contributed by atoms with van der Waals surface area (Å²) in [6, 6.07) is 14.0. The molecule has 0 amide bonds. The topological polar surface area (TPSA) is 26.3 Å². The van der Waals surface area contributed by atoms with Gasteiger partial charge in [0.2, 0.25) is 0 Å². The number of benzene rings is 2. The molecule has 2 aromatic rings. The van der Waals surface area contributed by atoms with Crippen LogP contribution in [0.25, 0.3) is 0 Å². The maximum absolute atomic E-state index is 13.8. The predicted molar refractivity (Wildman–Crippen MR) is 84.3 cm³/mol. The lowest BCUT2D eigenvalue weighted by Gasteiger charge is -2.15. The van der Waals surface area contributed by atoms with Gasteiger partial charge in [-0.15, -0.1) is 0 Å². The van der Waals surface area contributed by atoms with Gasteiger partial charge < -0.3 is 4.74 Å². The fraction of sp³-hybridized carbons (Fsp3) is 0.294. The van der Waals surface area contributed by atoms with Crippen LogP contribution in [0, 0.1) is 5.82 Å². The predicted octanol–water partition coefficient (Wildman–Crippen LogP) is 4.23. The van der Waals surface area contributed by atoms with Crippen LogP contribution in [0.2, 0.25) is 0 Å². The molecule has 0 unspecified atom stereocenters. The standard InChI is InChI=1S/C17H19FO2S/c1-3-20-17-11-7-4-8-14(17)12-21(19)13(2)15-9-5-6-10-16(15)18/h4-11,13H,3,12H2,1-2H3/t13-,21+/m1/s1. The first-order valence-electron chi connectivity index (χ1n) is 6.95. The highest BCUT2D eigenvalue weighted by atomic mass is 32.2. The molecule has 4 heteroatoms. The van der Waals surface area contributed by atoms with Crippen molar-refractivity contribution in [1.82, 2.24) is 0 Å². The first-order chi connectivity index (χ1) is 10.1. The smallest absolute Gasteiger partial charge is 0.127 e. The lowest BCUT2D eigenvalue weighted by atomic mass is 10.1. The second kappa shape index (κ2) is 7.36. The Morgan fingerprint density at radius 1 is 1.14 bits per heavy atom. The van der Waals surface area contributed by atoms with E-state index in [9.17, 15) is 8.60 Å². The molecule has 2 aromatic carbocycles. The van der Waals surface area contributed by atoms with E-state index in [0.717, 1.165) is 11.3 Å². The summed E-state index contributed by atoms with van der Waals surface area (Å²) in [5, 5.41) is -0.360. The second-order valence-corrected chi connectivity index (χ2v) is 6.49. The lowest BCUT2D eigenvalue weighted by Crippen LogP contribution is -2.08. The van der Waals surface area contributed by atoms with Crippen molar-refractivity contribution >= 4 is 10.8 Å². The van der Waals surface area contributed by atoms with Gasteiger partial charge in [-0.2, -0.15) is 0 Å². The molecule has 0 saturated carbocycles. The van der Waals surface area contributed by atoms with Crippen LogP contribution in [0.5, 0.6) is 5.75 Å². The molecule has 0 fully saturated rings. The van der Waals surface area contributed by atoms with E-state index < -0.39 is 10.8 Å². The summed E-state index contributed by atoms with van der Waals surface area (Å²) in [5.74, 6) is 0.789. The summed E-state index contributed by atoms with van der Waals surface area (Å²) in [4.78, 5) is 0. The van der Waals surface area contributed by atoms with Gasteiger partial charge in [0.25, 0.3) is 0 Å². The molecule has 0 aliphatic carbocycles. The third kappa shape index (κ3) is 3.91. The minimum Gasteiger partial charge on any atom is -0.494 e. The van der Waals surface area contributed by atoms with Crippen LogP contribution in [-0.4, -0.2) is 10.8 Å². The van der Waals surface area contributed by atoms with Gasteiger partial charge >= 0.3 is 0 Å². The van der Waals surface area contributed by atoms with Crippen molar-refractivity contribution in [2.75, 3.05) is 6.61 Å². The van der Waals surface area contributed by atoms with Crippen molar-refractivity contribution in [3.05, 3.63) is 65.5 Å². The Hall–Kier alpha value is -1.68. The zero-order valence-corrected chi connectivity index (χ0v) is 13.0. The maximum Gasteiger partial charge on any atom is 0.127 e. The highest BCUT2D eigenvalue weighted by molar-refractivity contribution is 7.84. The molecule has 0 N–H and O–H groups in total. The quantitative estimate of drug-likeness (QED) is 0.798. The van der Waals surface area contributed by atoms with E-state index in [-0.39, 0.29) is 11.1 Å². The Bertz CT molecular complexity index is 628. The minimum atomic E-state index is -1.21. The minimum absolute atomic E-state index is 0.309. The van der Waals surface area contributed by atoms with Gasteiger partial charge in [-0.1, -0.05) is 36.4 Å². The summed E-state index contributed by atoms with van der Waals surface area (Å²) in [7, 11) is -1.21. The van der Waals surface area contributed by atoms with E-state index in [1.54, 1.807) is 25.1 Å². The van der Waals surface area contributed by atoms with Crippen molar-refractivity contribution in [3.63, 3.8) is 0 Å². The lowest BCUT2D eigenvalue weighted by molar-refractivity contribution is 0.337. The monoisotopic (exact) mass is 306 g/mol. The molecular weight excluding hydrogens is 287 g/mol. The van der Waals surface area contributed by atoms with Crippen LogP contribution in [0.3, 0.4) is 0 Å². The molecule has 0 bridgehead atoms. The molecule has 0 saturated heterocycles. The van der Waals surface area contributed by atoms with E-state index in [4.69, 9.17) is 4.74 Å². The van der Waals surface area contributed by atoms with Crippen molar-refractivity contribution in [2.24, 2.45) is 0 Å². The Morgan fingerprint density at radius 2 is 1.81 bits per heavy atom. The zero-order chi connectivity index (χ0) is 15.2. The third-order valence-corrected chi connectivity index (χ3v) is 4.95. The SMILES string of the molecule is CCOc1ccccc1C[S@](=O)[C@H](C)c1ccccc1F. The largest absolute Gasteiger partial charge is 0.494 e. The van der Waals surface area contributed by atoms with Crippen molar-refractivity contribution in [3.8, 4) is 5.75 Å². The van der Waals surface area contributed by atoms with Gasteiger partial charge in [-0.3, -0.25) is 4.21 Å². The van der Waals surface area contributed by atoms with Crippen LogP contribution >= 0.6 is 0 Å². The summed E-state index contributed by atoms with van der Waals surface area (Å²) in [6.45, 7) is 4.26. The van der Waals surface area contributed by atoms with Crippen molar-refractivity contribution in [2.45, 2.75) is 24.9 Å². The fourth-order valence-corrected chi connectivity index (χ4v) is 3.41. The molecule has 2 nitrogen and oxygen atoms in total. The van der Waals surface area contributed by atoms with Crippen LogP contribution in [-0.2, 0) is 16.6 Å². The van der Waals surface area contributed by atoms with Gasteiger partial charge in [0.1, 0.15) is 11.6 Å². The van der Waals surface area contributed by atoms with E-state index in [1.807, 2.05) is 31.2 Å². The first-order valence-corrected chi connectivity index (χ1v) is 8.34. The van der Waals surface area contributed by atoms with Crippen LogP contribution in [0.4, 0.5) is 4.39 Å². The number of hydrogen-bond acceptors (Lipinski definition) is 2. The second-order valence-electron chi connectivity index (χ2n) is 4.73. The molecule has 112 valence electrons. The first kappa shape index (κ1) is 15.7. The number of halogens is 1. The maximum atomic E-state index is 13.8. The number of para-hydroxylation sites is 1. The molecule has 0 spiro atoms. The Kier molecular flexibility index (Phi) is 5.51. The summed E-state index contributed by atoms with van der Waals surface area (Å²) in [5.41, 5.74) is 1.38. The van der Waals surface area contributed by atoms with Gasteiger partial charge in [0.15, 0.2) is 0 Å². The molecule has 2 atom stereocenters. The van der Waals surface area contributed by atoms with Gasteiger partial charge in [0, 0.05) is 21.9 Å². The molecule has 0 aliphatic rings. The average molecular weight is 306 g/mol. The van der Waals surface area contributed by atoms with Crippen LogP contribution < -0.4 is 4.74 Å². The fourth-order valence-electron chi connectivity index (χ4n) is 2.14. The van der Waals surface area contributed by atoms with Gasteiger partial charge in [-0.05, 0) is 26.0 Å². The zero-order valence-electron chi connectivity index (χ0n) is 12.2. The van der Waals surface area contributed by atoms with E-state index >= 15 is 0 Å². The van der Waals surface area contributed by atoms with Crippen LogP contribution in [0.1, 0.15) is 30.2 Å². The third-order valence-electron chi connectivity index (χ3n) is 3.31. The highest BCUT2D eigenvalue weighted by Crippen LogP contribution is 2.27. The number of hydrogen-bond donors (Lipinski definition) is 0. The molecule has 0 aliphatic heterocycles. The number of rotatable bonds is 6.